The number of carbonyl (C=O) groups excluding carboxylic acids is 1. The Labute approximate surface area is 235 Å². The number of methoxy groups -OCH3 is 2. The molecule has 1 amide bonds. The fraction of sp³-hybridized carbons (Fsp3) is 0.481. The van der Waals surface area contributed by atoms with Crippen LogP contribution in [0.1, 0.15) is 22.5 Å². The average molecular weight is 571 g/mol. The Morgan fingerprint density at radius 2 is 1.70 bits per heavy atom. The van der Waals surface area contributed by atoms with Crippen LogP contribution in [0.25, 0.3) is 0 Å². The summed E-state index contributed by atoms with van der Waals surface area (Å²) in [5.41, 5.74) is 1.05. The number of anilines is 2. The molecule has 0 bridgehead atoms. The molecule has 0 radical (unpaired) electrons. The van der Waals surface area contributed by atoms with E-state index in [1.54, 1.807) is 6.07 Å². The minimum atomic E-state index is -1.63. The minimum absolute atomic E-state index is 0.0309. The predicted octanol–water partition coefficient (Wildman–Crippen LogP) is 3.51. The van der Waals surface area contributed by atoms with Crippen molar-refractivity contribution in [3.63, 3.8) is 0 Å². The molecule has 4 heterocycles. The fourth-order valence-corrected chi connectivity index (χ4v) is 5.05. The lowest BCUT2D eigenvalue weighted by Crippen LogP contribution is -2.40. The van der Waals surface area contributed by atoms with Crippen molar-refractivity contribution in [3.05, 3.63) is 35.6 Å². The second-order valence-electron chi connectivity index (χ2n) is 10.4. The Morgan fingerprint density at radius 1 is 1.00 bits per heavy atom. The first kappa shape index (κ1) is 29.3. The smallest absolute Gasteiger partial charge is 0.291 e. The van der Waals surface area contributed by atoms with Gasteiger partial charge in [0.25, 0.3) is 11.9 Å². The Morgan fingerprint density at radius 3 is 2.35 bits per heavy atom. The van der Waals surface area contributed by atoms with Crippen molar-refractivity contribution < 1.29 is 28.2 Å². The van der Waals surface area contributed by atoms with Crippen LogP contribution in [0, 0.1) is 6.92 Å². The zero-order valence-electron chi connectivity index (χ0n) is 24.0. The van der Waals surface area contributed by atoms with E-state index in [4.69, 9.17) is 23.4 Å². The number of carbonyl (C=O) groups is 1. The molecule has 40 heavy (non-hydrogen) atoms. The van der Waals surface area contributed by atoms with E-state index in [9.17, 15) is 4.79 Å². The number of aromatic nitrogens is 3. The van der Waals surface area contributed by atoms with E-state index >= 15 is 0 Å². The summed E-state index contributed by atoms with van der Waals surface area (Å²) in [6, 6.07) is 7.11. The van der Waals surface area contributed by atoms with E-state index in [1.165, 1.54) is 20.3 Å². The molecular formula is C27H38N6O6Si. The van der Waals surface area contributed by atoms with Gasteiger partial charge in [-0.1, -0.05) is 25.7 Å². The third-order valence-corrected chi connectivity index (χ3v) is 8.14. The summed E-state index contributed by atoms with van der Waals surface area (Å²) in [5, 5.41) is 6.95. The van der Waals surface area contributed by atoms with Crippen LogP contribution in [0.15, 0.2) is 28.7 Å². The maximum absolute atomic E-state index is 13.0. The number of morpholine rings is 1. The van der Waals surface area contributed by atoms with Crippen LogP contribution in [0.3, 0.4) is 0 Å². The average Bonchev–Trinajstić information content (AvgIpc) is 3.41. The lowest BCUT2D eigenvalue weighted by molar-refractivity contribution is 0.0378. The summed E-state index contributed by atoms with van der Waals surface area (Å²) < 4.78 is 27.8. The van der Waals surface area contributed by atoms with E-state index in [-0.39, 0.29) is 29.2 Å². The minimum Gasteiger partial charge on any atom is -0.479 e. The van der Waals surface area contributed by atoms with Crippen LogP contribution in [0.4, 0.5) is 11.6 Å². The highest BCUT2D eigenvalue weighted by atomic mass is 28.3. The zero-order chi connectivity index (χ0) is 28.7. The van der Waals surface area contributed by atoms with Gasteiger partial charge in [0.1, 0.15) is 8.07 Å². The number of furan rings is 1. The van der Waals surface area contributed by atoms with Crippen molar-refractivity contribution in [2.45, 2.75) is 33.0 Å². The van der Waals surface area contributed by atoms with Crippen molar-refractivity contribution in [2.75, 3.05) is 64.2 Å². The molecule has 2 N–H and O–H groups in total. The number of ether oxygens (including phenoxy) is 4. The fourth-order valence-electron chi connectivity index (χ4n) is 4.03. The van der Waals surface area contributed by atoms with Gasteiger partial charge in [-0.05, 0) is 32.0 Å². The zero-order valence-corrected chi connectivity index (χ0v) is 25.0. The Balaban J connectivity index is 1.41. The van der Waals surface area contributed by atoms with Gasteiger partial charge in [-0.3, -0.25) is 9.69 Å². The largest absolute Gasteiger partial charge is 0.479 e. The van der Waals surface area contributed by atoms with Crippen LogP contribution < -0.4 is 30.2 Å². The van der Waals surface area contributed by atoms with Crippen molar-refractivity contribution >= 4 is 30.9 Å². The molecule has 1 fully saturated rings. The van der Waals surface area contributed by atoms with Gasteiger partial charge in [-0.15, -0.1) is 0 Å². The Hall–Kier alpha value is -3.68. The number of pyridine rings is 1. The number of rotatable bonds is 12. The van der Waals surface area contributed by atoms with Crippen LogP contribution >= 0.6 is 0 Å². The molecule has 1 aliphatic rings. The standard InChI is InChI=1S/C27H38N6O6Si/c1-18-8-10-20(40(4,5)6)29-24(18)39-21-11-9-19(38-21)23(34)30-22-25(35-2)31-27(32-26(22)36-3)28-12-7-13-33-14-16-37-17-15-33/h8-11H,7,12-17H2,1-6H3,(H,30,34)(H,28,31,32). The highest BCUT2D eigenvalue weighted by molar-refractivity contribution is 6.88. The maximum Gasteiger partial charge on any atom is 0.291 e. The number of hydrogen-bond acceptors (Lipinski definition) is 11. The number of nitrogens with one attached hydrogen (secondary N) is 2. The molecule has 0 aliphatic carbocycles. The molecule has 4 rings (SSSR count). The Kier molecular flexibility index (Phi) is 9.61. The summed E-state index contributed by atoms with van der Waals surface area (Å²) in [5.74, 6) is 0.742. The van der Waals surface area contributed by atoms with E-state index in [2.05, 4.69) is 50.1 Å². The predicted molar refractivity (Wildman–Crippen MR) is 154 cm³/mol. The first-order valence-corrected chi connectivity index (χ1v) is 16.8. The van der Waals surface area contributed by atoms with Crippen LogP contribution in [0.2, 0.25) is 19.6 Å². The maximum atomic E-state index is 13.0. The van der Waals surface area contributed by atoms with Gasteiger partial charge in [0.15, 0.2) is 11.4 Å². The van der Waals surface area contributed by atoms with Gasteiger partial charge < -0.3 is 34.0 Å². The topological polar surface area (TPSA) is 133 Å². The first-order chi connectivity index (χ1) is 19.2. The van der Waals surface area contributed by atoms with Crippen molar-refractivity contribution in [3.8, 4) is 23.6 Å². The SMILES string of the molecule is COc1nc(NCCCN2CCOCC2)nc(OC)c1NC(=O)c1ccc(Oc2nc([Si](C)(C)C)ccc2C)o1. The number of aryl methyl sites for hydroxylation is 1. The molecule has 3 aromatic heterocycles. The quantitative estimate of drug-likeness (QED) is 0.245. The molecule has 13 heteroatoms. The second kappa shape index (κ2) is 13.1. The molecule has 3 aromatic rings. The Bertz CT molecular complexity index is 1280. The van der Waals surface area contributed by atoms with E-state index in [0.717, 1.165) is 50.1 Å². The van der Waals surface area contributed by atoms with E-state index < -0.39 is 14.0 Å². The van der Waals surface area contributed by atoms with Crippen molar-refractivity contribution in [1.82, 2.24) is 19.9 Å². The molecule has 216 valence electrons. The van der Waals surface area contributed by atoms with Gasteiger partial charge in [0.2, 0.25) is 23.6 Å². The lowest BCUT2D eigenvalue weighted by atomic mass is 10.3. The molecule has 0 atom stereocenters. The summed E-state index contributed by atoms with van der Waals surface area (Å²) in [6.07, 6.45) is 0.910. The molecule has 1 saturated heterocycles. The molecule has 0 aromatic carbocycles. The molecule has 0 spiro atoms. The highest BCUT2D eigenvalue weighted by Crippen LogP contribution is 2.33. The molecule has 1 aliphatic heterocycles. The monoisotopic (exact) mass is 570 g/mol. The summed E-state index contributed by atoms with van der Waals surface area (Å²) in [4.78, 5) is 28.9. The number of amides is 1. The van der Waals surface area contributed by atoms with Crippen molar-refractivity contribution in [1.29, 1.82) is 0 Å². The van der Waals surface area contributed by atoms with Gasteiger partial charge >= 0.3 is 0 Å². The van der Waals surface area contributed by atoms with Gasteiger partial charge in [0.05, 0.1) is 27.4 Å². The molecule has 0 saturated carbocycles. The first-order valence-electron chi connectivity index (χ1n) is 13.3. The van der Waals surface area contributed by atoms with Gasteiger partial charge in [-0.2, -0.15) is 9.97 Å². The summed E-state index contributed by atoms with van der Waals surface area (Å²) in [7, 11) is 1.29. The lowest BCUT2D eigenvalue weighted by Gasteiger charge is -2.26. The van der Waals surface area contributed by atoms with E-state index in [1.807, 2.05) is 19.1 Å². The van der Waals surface area contributed by atoms with E-state index in [0.29, 0.717) is 18.4 Å². The van der Waals surface area contributed by atoms with Crippen molar-refractivity contribution in [2.24, 2.45) is 0 Å². The summed E-state index contributed by atoms with van der Waals surface area (Å²) >= 11 is 0. The normalized spacial score (nSPS) is 14.1. The summed E-state index contributed by atoms with van der Waals surface area (Å²) in [6.45, 7) is 13.6. The second-order valence-corrected chi connectivity index (χ2v) is 15.4. The number of nitrogens with zero attached hydrogens (tertiary/aromatic N) is 4. The third-order valence-electron chi connectivity index (χ3n) is 6.33. The molecule has 12 nitrogen and oxygen atoms in total. The number of hydrogen-bond donors (Lipinski definition) is 2. The van der Waals surface area contributed by atoms with Crippen LogP contribution in [0.5, 0.6) is 23.6 Å². The highest BCUT2D eigenvalue weighted by Gasteiger charge is 2.23. The van der Waals surface area contributed by atoms with Crippen LogP contribution in [-0.2, 0) is 4.74 Å². The van der Waals surface area contributed by atoms with Gasteiger partial charge in [0, 0.05) is 36.6 Å². The third kappa shape index (κ3) is 7.49. The molecular weight excluding hydrogens is 532 g/mol. The van der Waals surface area contributed by atoms with Gasteiger partial charge in [-0.25, -0.2) is 4.98 Å². The molecule has 0 unspecified atom stereocenters. The van der Waals surface area contributed by atoms with Crippen LogP contribution in [-0.4, -0.2) is 87.4 Å².